The lowest BCUT2D eigenvalue weighted by atomic mass is 10.1. The molecule has 11 nitrogen and oxygen atoms in total. The molecule has 1 atom stereocenters. The highest BCUT2D eigenvalue weighted by Crippen LogP contribution is 2.34. The Kier molecular flexibility index (Phi) is 10.7. The zero-order valence-electron chi connectivity index (χ0n) is 21.1. The van der Waals surface area contributed by atoms with Crippen LogP contribution in [-0.4, -0.2) is 62.6 Å². The second-order valence-corrected chi connectivity index (χ2v) is 10.6. The van der Waals surface area contributed by atoms with Crippen LogP contribution >= 0.6 is 11.6 Å². The third-order valence-electron chi connectivity index (χ3n) is 5.62. The monoisotopic (exact) mass is 554 g/mol. The molecule has 2 aromatic rings. The zero-order valence-corrected chi connectivity index (χ0v) is 22.7. The Labute approximate surface area is 221 Å². The Morgan fingerprint density at radius 3 is 2.46 bits per heavy atom. The van der Waals surface area contributed by atoms with E-state index in [2.05, 4.69) is 5.32 Å². The number of rotatable bonds is 13. The first-order chi connectivity index (χ1) is 17.4. The summed E-state index contributed by atoms with van der Waals surface area (Å²) in [5, 5.41) is 14.5. The van der Waals surface area contributed by atoms with Crippen molar-refractivity contribution in [2.75, 3.05) is 30.8 Å². The van der Waals surface area contributed by atoms with Crippen molar-refractivity contribution in [3.63, 3.8) is 0 Å². The molecule has 0 saturated heterocycles. The van der Waals surface area contributed by atoms with Crippen LogP contribution in [0, 0.1) is 10.1 Å². The van der Waals surface area contributed by atoms with E-state index in [1.807, 2.05) is 6.92 Å². The number of nitrogens with one attached hydrogen (secondary N) is 1. The number of nitro benzene ring substituents is 1. The van der Waals surface area contributed by atoms with Crippen LogP contribution < -0.4 is 14.4 Å². The molecule has 202 valence electrons. The highest BCUT2D eigenvalue weighted by atomic mass is 35.5. The van der Waals surface area contributed by atoms with Gasteiger partial charge in [0, 0.05) is 30.2 Å². The van der Waals surface area contributed by atoms with Crippen molar-refractivity contribution in [2.45, 2.75) is 39.3 Å². The maximum absolute atomic E-state index is 13.6. The van der Waals surface area contributed by atoms with Gasteiger partial charge in [-0.05, 0) is 31.0 Å². The van der Waals surface area contributed by atoms with Crippen molar-refractivity contribution < 1.29 is 27.7 Å². The van der Waals surface area contributed by atoms with E-state index in [4.69, 9.17) is 16.3 Å². The molecule has 0 aromatic heterocycles. The number of non-ortho nitro benzene ring substituents is 1. The van der Waals surface area contributed by atoms with Gasteiger partial charge in [0.05, 0.1) is 18.3 Å². The molecule has 2 aromatic carbocycles. The van der Waals surface area contributed by atoms with E-state index in [0.29, 0.717) is 17.1 Å². The van der Waals surface area contributed by atoms with Crippen molar-refractivity contribution >= 4 is 44.8 Å². The van der Waals surface area contributed by atoms with Gasteiger partial charge in [0.25, 0.3) is 5.69 Å². The minimum atomic E-state index is -4.11. The Morgan fingerprint density at radius 2 is 1.89 bits per heavy atom. The molecule has 1 unspecified atom stereocenters. The number of hydrogen-bond donors (Lipinski definition) is 1. The molecule has 0 bridgehead atoms. The van der Waals surface area contributed by atoms with Crippen LogP contribution in [0.1, 0.15) is 32.3 Å². The van der Waals surface area contributed by atoms with Crippen LogP contribution in [0.4, 0.5) is 11.4 Å². The number of sulfonamides is 1. The maximum atomic E-state index is 13.6. The molecule has 2 rings (SSSR count). The van der Waals surface area contributed by atoms with Crippen molar-refractivity contribution in [2.24, 2.45) is 0 Å². The van der Waals surface area contributed by atoms with E-state index in [9.17, 15) is 28.1 Å². The van der Waals surface area contributed by atoms with E-state index in [0.717, 1.165) is 35.5 Å². The van der Waals surface area contributed by atoms with Gasteiger partial charge in [-0.15, -0.1) is 0 Å². The number of nitro groups is 1. The third-order valence-corrected chi connectivity index (χ3v) is 7.11. The summed E-state index contributed by atoms with van der Waals surface area (Å²) in [4.78, 5) is 38.3. The predicted molar refractivity (Wildman–Crippen MR) is 141 cm³/mol. The van der Waals surface area contributed by atoms with Crippen LogP contribution in [0.5, 0.6) is 5.75 Å². The van der Waals surface area contributed by atoms with E-state index >= 15 is 0 Å². The maximum Gasteiger partial charge on any atom is 0.271 e. The van der Waals surface area contributed by atoms with Crippen LogP contribution in [0.15, 0.2) is 42.5 Å². The Hall–Kier alpha value is -3.38. The smallest absolute Gasteiger partial charge is 0.271 e. The lowest BCUT2D eigenvalue weighted by Crippen LogP contribution is -2.51. The van der Waals surface area contributed by atoms with Crippen molar-refractivity contribution in [1.29, 1.82) is 0 Å². The van der Waals surface area contributed by atoms with Gasteiger partial charge < -0.3 is 15.0 Å². The molecule has 0 fully saturated rings. The standard InChI is InChI=1S/C24H31ClN4O7S/c1-5-6-13-26-24(31)17(2)27(15-18-9-7-8-10-20(18)25)23(30)16-28(37(4,34)35)21-14-19(29(32)33)11-12-22(21)36-3/h7-12,14,17H,5-6,13,15-16H2,1-4H3,(H,26,31). The molecule has 0 heterocycles. The number of ether oxygens (including phenoxy) is 1. The fourth-order valence-corrected chi connectivity index (χ4v) is 4.55. The first-order valence-electron chi connectivity index (χ1n) is 11.5. The van der Waals surface area contributed by atoms with Crippen LogP contribution in [0.3, 0.4) is 0 Å². The van der Waals surface area contributed by atoms with Crippen LogP contribution in [-0.2, 0) is 26.2 Å². The van der Waals surface area contributed by atoms with Crippen molar-refractivity contribution in [1.82, 2.24) is 10.2 Å². The number of methoxy groups -OCH3 is 1. The predicted octanol–water partition coefficient (Wildman–Crippen LogP) is 3.36. The van der Waals surface area contributed by atoms with E-state index in [1.54, 1.807) is 24.3 Å². The lowest BCUT2D eigenvalue weighted by molar-refractivity contribution is -0.384. The number of unbranched alkanes of at least 4 members (excludes halogenated alkanes) is 1. The molecule has 1 N–H and O–H groups in total. The van der Waals surface area contributed by atoms with E-state index in [-0.39, 0.29) is 23.7 Å². The minimum absolute atomic E-state index is 0.0202. The molecule has 2 amide bonds. The molecule has 13 heteroatoms. The summed E-state index contributed by atoms with van der Waals surface area (Å²) in [6.45, 7) is 3.14. The molecular formula is C24H31ClN4O7S. The van der Waals surface area contributed by atoms with Crippen molar-refractivity contribution in [3.05, 3.63) is 63.2 Å². The van der Waals surface area contributed by atoms with E-state index in [1.165, 1.54) is 25.0 Å². The number of amides is 2. The average molecular weight is 555 g/mol. The topological polar surface area (TPSA) is 139 Å². The number of carbonyl (C=O) groups excluding carboxylic acids is 2. The number of halogens is 1. The fourth-order valence-electron chi connectivity index (χ4n) is 3.51. The largest absolute Gasteiger partial charge is 0.495 e. The summed E-state index contributed by atoms with van der Waals surface area (Å²) < 4.78 is 31.5. The summed E-state index contributed by atoms with van der Waals surface area (Å²) in [6.07, 6.45) is 2.49. The van der Waals surface area contributed by atoms with Gasteiger partial charge >= 0.3 is 0 Å². The number of anilines is 1. The van der Waals surface area contributed by atoms with Gasteiger partial charge in [0.15, 0.2) is 0 Å². The number of carbonyl (C=O) groups is 2. The normalized spacial score (nSPS) is 11.9. The lowest BCUT2D eigenvalue weighted by Gasteiger charge is -2.32. The SMILES string of the molecule is CCCCNC(=O)C(C)N(Cc1ccccc1Cl)C(=O)CN(c1cc([N+](=O)[O-])ccc1OC)S(C)(=O)=O. The van der Waals surface area contributed by atoms with Gasteiger partial charge in [-0.3, -0.25) is 24.0 Å². The molecular weight excluding hydrogens is 524 g/mol. The van der Waals surface area contributed by atoms with E-state index < -0.39 is 39.3 Å². The second-order valence-electron chi connectivity index (χ2n) is 8.32. The molecule has 0 aliphatic heterocycles. The summed E-state index contributed by atoms with van der Waals surface area (Å²) >= 11 is 6.30. The molecule has 0 saturated carbocycles. The molecule has 0 aliphatic carbocycles. The average Bonchev–Trinajstić information content (AvgIpc) is 2.85. The molecule has 0 radical (unpaired) electrons. The van der Waals surface area contributed by atoms with Crippen LogP contribution in [0.25, 0.3) is 0 Å². The van der Waals surface area contributed by atoms with Gasteiger partial charge in [-0.25, -0.2) is 8.42 Å². The Balaban J connectivity index is 2.49. The summed E-state index contributed by atoms with van der Waals surface area (Å²) in [6, 6.07) is 9.26. The van der Waals surface area contributed by atoms with Crippen LogP contribution in [0.2, 0.25) is 5.02 Å². The number of nitrogens with zero attached hydrogens (tertiary/aromatic N) is 3. The summed E-state index contributed by atoms with van der Waals surface area (Å²) in [5.41, 5.74) is 0.00310. The van der Waals surface area contributed by atoms with Gasteiger partial charge in [-0.1, -0.05) is 43.1 Å². The highest BCUT2D eigenvalue weighted by Gasteiger charge is 2.32. The van der Waals surface area contributed by atoms with Gasteiger partial charge in [0.2, 0.25) is 21.8 Å². The molecule has 37 heavy (non-hydrogen) atoms. The second kappa shape index (κ2) is 13.2. The first kappa shape index (κ1) is 29.8. The minimum Gasteiger partial charge on any atom is -0.495 e. The van der Waals surface area contributed by atoms with Gasteiger partial charge in [0.1, 0.15) is 24.0 Å². The Bertz CT molecular complexity index is 1240. The molecule has 0 spiro atoms. The quantitative estimate of drug-likeness (QED) is 0.227. The third kappa shape index (κ3) is 8.05. The number of benzene rings is 2. The summed E-state index contributed by atoms with van der Waals surface area (Å²) in [5.74, 6) is -1.10. The van der Waals surface area contributed by atoms with Crippen molar-refractivity contribution in [3.8, 4) is 5.75 Å². The fraction of sp³-hybridized carbons (Fsp3) is 0.417. The number of hydrogen-bond acceptors (Lipinski definition) is 7. The van der Waals surface area contributed by atoms with Gasteiger partial charge in [-0.2, -0.15) is 0 Å². The first-order valence-corrected chi connectivity index (χ1v) is 13.7. The highest BCUT2D eigenvalue weighted by molar-refractivity contribution is 7.92. The Morgan fingerprint density at radius 1 is 1.22 bits per heavy atom. The zero-order chi connectivity index (χ0) is 27.8. The summed E-state index contributed by atoms with van der Waals surface area (Å²) in [7, 11) is -2.83. The molecule has 0 aliphatic rings.